The molecule has 2 aromatic rings. The molecule has 1 unspecified atom stereocenters. The van der Waals surface area contributed by atoms with Gasteiger partial charge in [0, 0.05) is 12.5 Å². The molecule has 0 amide bonds. The van der Waals surface area contributed by atoms with Crippen LogP contribution in [0.25, 0.3) is 0 Å². The van der Waals surface area contributed by atoms with Crippen LogP contribution in [0.15, 0.2) is 54.6 Å². The van der Waals surface area contributed by atoms with E-state index in [4.69, 9.17) is 9.84 Å². The van der Waals surface area contributed by atoms with Crippen LogP contribution >= 0.6 is 0 Å². The van der Waals surface area contributed by atoms with E-state index in [1.807, 2.05) is 54.6 Å². The zero-order valence-electron chi connectivity index (χ0n) is 14.9. The van der Waals surface area contributed by atoms with Crippen LogP contribution < -0.4 is 4.74 Å². The standard InChI is InChI=1S/C21H26O4S/c22-12-5-13-26(23,24)16-21(18-6-2-1-3-7-18)19-8-4-9-20(14-19)25-15-17-10-11-17/h1-4,6-9,14,17,21-22H,5,10-13,15-16H2. The number of hydrogen-bond acceptors (Lipinski definition) is 4. The van der Waals surface area contributed by atoms with Gasteiger partial charge in [0.25, 0.3) is 0 Å². The van der Waals surface area contributed by atoms with Crippen molar-refractivity contribution >= 4 is 9.84 Å². The lowest BCUT2D eigenvalue weighted by Gasteiger charge is -2.19. The second-order valence-electron chi connectivity index (χ2n) is 6.98. The third-order valence-corrected chi connectivity index (χ3v) is 6.43. The normalized spacial score (nSPS) is 15.6. The first kappa shape index (κ1) is 18.9. The molecule has 26 heavy (non-hydrogen) atoms. The number of aliphatic hydroxyl groups is 1. The molecule has 1 N–H and O–H groups in total. The van der Waals surface area contributed by atoms with Crippen molar-refractivity contribution in [2.45, 2.75) is 25.2 Å². The SMILES string of the molecule is O=S(=O)(CCCO)CC(c1ccccc1)c1cccc(OCC2CC2)c1. The van der Waals surface area contributed by atoms with Gasteiger partial charge < -0.3 is 9.84 Å². The van der Waals surface area contributed by atoms with Crippen LogP contribution in [0.3, 0.4) is 0 Å². The summed E-state index contributed by atoms with van der Waals surface area (Å²) >= 11 is 0. The molecule has 1 atom stereocenters. The summed E-state index contributed by atoms with van der Waals surface area (Å²) in [5.74, 6) is 1.25. The maximum atomic E-state index is 12.5. The number of rotatable bonds is 10. The molecule has 1 aliphatic rings. The summed E-state index contributed by atoms with van der Waals surface area (Å²) in [6, 6.07) is 17.5. The lowest BCUT2D eigenvalue weighted by molar-refractivity contribution is 0.295. The van der Waals surface area contributed by atoms with Gasteiger partial charge in [-0.15, -0.1) is 0 Å². The summed E-state index contributed by atoms with van der Waals surface area (Å²) in [5.41, 5.74) is 1.91. The minimum Gasteiger partial charge on any atom is -0.493 e. The topological polar surface area (TPSA) is 63.6 Å². The molecule has 1 saturated carbocycles. The van der Waals surface area contributed by atoms with Gasteiger partial charge in [0.15, 0.2) is 9.84 Å². The Morgan fingerprint density at radius 3 is 2.46 bits per heavy atom. The first-order chi connectivity index (χ1) is 12.6. The first-order valence-corrected chi connectivity index (χ1v) is 11.0. The molecule has 0 radical (unpaired) electrons. The maximum Gasteiger partial charge on any atom is 0.151 e. The van der Waals surface area contributed by atoms with Crippen molar-refractivity contribution in [1.82, 2.24) is 0 Å². The fourth-order valence-electron chi connectivity index (χ4n) is 3.01. The van der Waals surface area contributed by atoms with Crippen molar-refractivity contribution in [1.29, 1.82) is 0 Å². The van der Waals surface area contributed by atoms with Crippen LogP contribution in [-0.2, 0) is 9.84 Å². The van der Waals surface area contributed by atoms with Crippen molar-refractivity contribution in [3.8, 4) is 5.75 Å². The van der Waals surface area contributed by atoms with E-state index in [2.05, 4.69) is 0 Å². The molecular formula is C21H26O4S. The zero-order chi connectivity index (χ0) is 18.4. The molecule has 0 heterocycles. The number of hydrogen-bond donors (Lipinski definition) is 1. The Morgan fingerprint density at radius 2 is 1.77 bits per heavy atom. The summed E-state index contributed by atoms with van der Waals surface area (Å²) in [5, 5.41) is 8.96. The van der Waals surface area contributed by atoms with Crippen LogP contribution in [0.1, 0.15) is 36.3 Å². The zero-order valence-corrected chi connectivity index (χ0v) is 15.7. The van der Waals surface area contributed by atoms with Gasteiger partial charge in [-0.25, -0.2) is 8.42 Å². The van der Waals surface area contributed by atoms with E-state index in [1.54, 1.807) is 0 Å². The number of benzene rings is 2. The van der Waals surface area contributed by atoms with Gasteiger partial charge in [-0.1, -0.05) is 42.5 Å². The highest BCUT2D eigenvalue weighted by Crippen LogP contribution is 2.32. The Labute approximate surface area is 155 Å². The summed E-state index contributed by atoms with van der Waals surface area (Å²) in [4.78, 5) is 0. The van der Waals surface area contributed by atoms with E-state index in [1.165, 1.54) is 12.8 Å². The molecule has 3 rings (SSSR count). The summed E-state index contributed by atoms with van der Waals surface area (Å²) in [6.07, 6.45) is 2.74. The van der Waals surface area contributed by atoms with Crippen molar-refractivity contribution in [3.05, 3.63) is 65.7 Å². The monoisotopic (exact) mass is 374 g/mol. The van der Waals surface area contributed by atoms with Crippen LogP contribution in [0.2, 0.25) is 0 Å². The molecule has 1 fully saturated rings. The molecular weight excluding hydrogens is 348 g/mol. The second-order valence-corrected chi connectivity index (χ2v) is 9.21. The molecule has 0 aromatic heterocycles. The molecule has 4 nitrogen and oxygen atoms in total. The molecule has 140 valence electrons. The van der Waals surface area contributed by atoms with Gasteiger partial charge >= 0.3 is 0 Å². The number of ether oxygens (including phenoxy) is 1. The van der Waals surface area contributed by atoms with Gasteiger partial charge in [-0.2, -0.15) is 0 Å². The highest BCUT2D eigenvalue weighted by Gasteiger charge is 2.24. The van der Waals surface area contributed by atoms with Gasteiger partial charge in [0.05, 0.1) is 18.1 Å². The third kappa shape index (κ3) is 5.58. The third-order valence-electron chi connectivity index (χ3n) is 4.68. The van der Waals surface area contributed by atoms with Crippen LogP contribution in [0, 0.1) is 5.92 Å². The molecule has 2 aromatic carbocycles. The van der Waals surface area contributed by atoms with E-state index >= 15 is 0 Å². The Hall–Kier alpha value is -1.85. The minimum atomic E-state index is -3.27. The molecule has 0 bridgehead atoms. The van der Waals surface area contributed by atoms with E-state index < -0.39 is 9.84 Å². The average Bonchev–Trinajstić information content (AvgIpc) is 3.48. The van der Waals surface area contributed by atoms with Crippen molar-refractivity contribution < 1.29 is 18.3 Å². The first-order valence-electron chi connectivity index (χ1n) is 9.16. The van der Waals surface area contributed by atoms with Crippen LogP contribution in [-0.4, -0.2) is 38.2 Å². The van der Waals surface area contributed by atoms with Crippen LogP contribution in [0.5, 0.6) is 5.75 Å². The summed E-state index contributed by atoms with van der Waals surface area (Å²) in [7, 11) is -3.27. The van der Waals surface area contributed by atoms with Gasteiger partial charge in [-0.05, 0) is 48.4 Å². The van der Waals surface area contributed by atoms with E-state index in [-0.39, 0.29) is 30.5 Å². The Bertz CT molecular complexity index is 798. The Kier molecular flexibility index (Phi) is 6.33. The molecule has 0 spiro atoms. The van der Waals surface area contributed by atoms with Crippen molar-refractivity contribution in [2.75, 3.05) is 24.7 Å². The van der Waals surface area contributed by atoms with E-state index in [0.29, 0.717) is 5.92 Å². The van der Waals surface area contributed by atoms with E-state index in [9.17, 15) is 8.42 Å². The molecule has 5 heteroatoms. The largest absolute Gasteiger partial charge is 0.493 e. The summed E-state index contributed by atoms with van der Waals surface area (Å²) < 4.78 is 30.9. The molecule has 1 aliphatic carbocycles. The van der Waals surface area contributed by atoms with Gasteiger partial charge in [0.1, 0.15) is 5.75 Å². The quantitative estimate of drug-likeness (QED) is 0.692. The highest BCUT2D eigenvalue weighted by molar-refractivity contribution is 7.91. The predicted molar refractivity (Wildman–Crippen MR) is 103 cm³/mol. The number of sulfone groups is 1. The Balaban J connectivity index is 1.84. The minimum absolute atomic E-state index is 0.00467. The predicted octanol–water partition coefficient (Wildman–Crippen LogP) is 3.40. The average molecular weight is 375 g/mol. The molecule has 0 saturated heterocycles. The Morgan fingerprint density at radius 1 is 1.04 bits per heavy atom. The van der Waals surface area contributed by atoms with Gasteiger partial charge in [0.2, 0.25) is 0 Å². The molecule has 0 aliphatic heterocycles. The van der Waals surface area contributed by atoms with Gasteiger partial charge in [-0.3, -0.25) is 0 Å². The summed E-state index contributed by atoms with van der Waals surface area (Å²) in [6.45, 7) is 0.619. The van der Waals surface area contributed by atoms with E-state index in [0.717, 1.165) is 23.5 Å². The number of aliphatic hydroxyl groups excluding tert-OH is 1. The second kappa shape index (κ2) is 8.69. The lowest BCUT2D eigenvalue weighted by Crippen LogP contribution is -2.19. The smallest absolute Gasteiger partial charge is 0.151 e. The highest BCUT2D eigenvalue weighted by atomic mass is 32.2. The van der Waals surface area contributed by atoms with Crippen molar-refractivity contribution in [2.24, 2.45) is 5.92 Å². The van der Waals surface area contributed by atoms with Crippen LogP contribution in [0.4, 0.5) is 0 Å². The lowest BCUT2D eigenvalue weighted by atomic mass is 9.93. The van der Waals surface area contributed by atoms with Crippen molar-refractivity contribution in [3.63, 3.8) is 0 Å². The maximum absolute atomic E-state index is 12.5. The fourth-order valence-corrected chi connectivity index (χ4v) is 4.64. The fraction of sp³-hybridized carbons (Fsp3) is 0.429.